The van der Waals surface area contributed by atoms with Gasteiger partial charge in [-0.3, -0.25) is 4.79 Å². The second kappa shape index (κ2) is 12.1. The highest BCUT2D eigenvalue weighted by molar-refractivity contribution is 8.00. The first-order valence-electron chi connectivity index (χ1n) is 9.73. The molecule has 0 saturated heterocycles. The summed E-state index contributed by atoms with van der Waals surface area (Å²) in [6, 6.07) is 18.0. The molecule has 5 nitrogen and oxygen atoms in total. The van der Waals surface area contributed by atoms with E-state index in [-0.39, 0.29) is 5.91 Å². The minimum absolute atomic E-state index is 0.0440. The van der Waals surface area contributed by atoms with Gasteiger partial charge in [0.25, 0.3) is 5.91 Å². The van der Waals surface area contributed by atoms with Crippen LogP contribution in [0.5, 0.6) is 0 Å². The molecule has 1 unspecified atom stereocenters. The minimum Gasteiger partial charge on any atom is -0.357 e. The number of nitrogens with zero attached hydrogens (tertiary/aromatic N) is 1. The predicted molar refractivity (Wildman–Crippen MR) is 119 cm³/mol. The molecule has 1 amide bonds. The maximum atomic E-state index is 11.8. The molecule has 0 aromatic heterocycles. The standard InChI is InChI=1S/C22H30N4OS/c1-4-23-21(27)19-13-11-18(12-14-19)16-26-22(24-5-2)25-15-17(3)28-20-9-7-6-8-10-20/h6-14,17H,4-5,15-16H2,1-3H3,(H,23,27)(H2,24,25,26). The van der Waals surface area contributed by atoms with Crippen molar-refractivity contribution in [3.63, 3.8) is 0 Å². The number of carbonyl (C=O) groups is 1. The Morgan fingerprint density at radius 3 is 2.29 bits per heavy atom. The normalized spacial score (nSPS) is 12.3. The molecule has 0 spiro atoms. The van der Waals surface area contributed by atoms with Crippen molar-refractivity contribution < 1.29 is 4.79 Å². The molecule has 0 saturated carbocycles. The van der Waals surface area contributed by atoms with Gasteiger partial charge in [-0.25, -0.2) is 4.99 Å². The van der Waals surface area contributed by atoms with Crippen molar-refractivity contribution in [1.29, 1.82) is 0 Å². The van der Waals surface area contributed by atoms with Gasteiger partial charge < -0.3 is 16.0 Å². The van der Waals surface area contributed by atoms with Crippen LogP contribution in [0.1, 0.15) is 36.7 Å². The van der Waals surface area contributed by atoms with E-state index in [2.05, 4.69) is 59.1 Å². The number of aliphatic imine (C=N–C) groups is 1. The Morgan fingerprint density at radius 2 is 1.64 bits per heavy atom. The van der Waals surface area contributed by atoms with Gasteiger partial charge in [0.2, 0.25) is 0 Å². The molecule has 0 bridgehead atoms. The van der Waals surface area contributed by atoms with Crippen molar-refractivity contribution in [1.82, 2.24) is 16.0 Å². The first kappa shape index (κ1) is 21.8. The summed E-state index contributed by atoms with van der Waals surface area (Å²) in [7, 11) is 0. The Balaban J connectivity index is 1.88. The number of nitrogens with one attached hydrogen (secondary N) is 3. The van der Waals surface area contributed by atoms with E-state index in [1.54, 1.807) is 0 Å². The predicted octanol–water partition coefficient (Wildman–Crippen LogP) is 3.67. The minimum atomic E-state index is -0.0440. The average Bonchev–Trinajstić information content (AvgIpc) is 2.71. The lowest BCUT2D eigenvalue weighted by molar-refractivity contribution is 0.0956. The molecule has 2 aromatic carbocycles. The Kier molecular flexibility index (Phi) is 9.42. The van der Waals surface area contributed by atoms with E-state index < -0.39 is 0 Å². The van der Waals surface area contributed by atoms with Crippen LogP contribution >= 0.6 is 11.8 Å². The molecule has 2 aromatic rings. The Hall–Kier alpha value is -2.47. The summed E-state index contributed by atoms with van der Waals surface area (Å²) in [6.45, 7) is 8.99. The number of hydrogen-bond donors (Lipinski definition) is 3. The van der Waals surface area contributed by atoms with E-state index in [4.69, 9.17) is 0 Å². The van der Waals surface area contributed by atoms with E-state index in [0.717, 1.165) is 24.6 Å². The van der Waals surface area contributed by atoms with Crippen LogP contribution in [0.2, 0.25) is 0 Å². The van der Waals surface area contributed by atoms with Crippen LogP contribution in [-0.2, 0) is 6.54 Å². The van der Waals surface area contributed by atoms with Gasteiger partial charge in [0.15, 0.2) is 5.96 Å². The van der Waals surface area contributed by atoms with Crippen molar-refractivity contribution >= 4 is 23.6 Å². The van der Waals surface area contributed by atoms with Gasteiger partial charge in [-0.15, -0.1) is 11.8 Å². The van der Waals surface area contributed by atoms with Gasteiger partial charge >= 0.3 is 0 Å². The van der Waals surface area contributed by atoms with Crippen LogP contribution in [0, 0.1) is 0 Å². The third kappa shape index (κ3) is 7.64. The van der Waals surface area contributed by atoms with E-state index in [9.17, 15) is 4.79 Å². The van der Waals surface area contributed by atoms with Crippen molar-refractivity contribution in [2.75, 3.05) is 19.6 Å². The Morgan fingerprint density at radius 1 is 0.964 bits per heavy atom. The van der Waals surface area contributed by atoms with Crippen LogP contribution in [0.25, 0.3) is 0 Å². The number of hydrogen-bond acceptors (Lipinski definition) is 3. The first-order chi connectivity index (χ1) is 13.6. The largest absolute Gasteiger partial charge is 0.357 e. The third-order valence-corrected chi connectivity index (χ3v) is 5.07. The SMILES string of the molecule is CCNC(=O)c1ccc(CN=C(NCC)NCC(C)Sc2ccccc2)cc1. The molecule has 150 valence electrons. The summed E-state index contributed by atoms with van der Waals surface area (Å²) in [5.41, 5.74) is 1.74. The van der Waals surface area contributed by atoms with Gasteiger partial charge in [-0.05, 0) is 43.7 Å². The van der Waals surface area contributed by atoms with Crippen molar-refractivity contribution in [2.45, 2.75) is 37.5 Å². The highest BCUT2D eigenvalue weighted by atomic mass is 32.2. The molecule has 6 heteroatoms. The van der Waals surface area contributed by atoms with Gasteiger partial charge in [0.1, 0.15) is 0 Å². The van der Waals surface area contributed by atoms with Gasteiger partial charge in [0, 0.05) is 35.3 Å². The molecule has 2 rings (SSSR count). The lowest BCUT2D eigenvalue weighted by Crippen LogP contribution is -2.40. The molecule has 0 fully saturated rings. The number of carbonyl (C=O) groups excluding carboxylic acids is 1. The molecule has 3 N–H and O–H groups in total. The smallest absolute Gasteiger partial charge is 0.251 e. The zero-order chi connectivity index (χ0) is 20.2. The number of rotatable bonds is 9. The fourth-order valence-electron chi connectivity index (χ4n) is 2.55. The summed E-state index contributed by atoms with van der Waals surface area (Å²) >= 11 is 1.84. The molecule has 0 heterocycles. The maximum absolute atomic E-state index is 11.8. The molecule has 0 aliphatic carbocycles. The van der Waals surface area contributed by atoms with E-state index in [1.165, 1.54) is 4.90 Å². The molecule has 0 aliphatic rings. The average molecular weight is 399 g/mol. The molecular weight excluding hydrogens is 368 g/mol. The third-order valence-electron chi connectivity index (χ3n) is 3.95. The summed E-state index contributed by atoms with van der Waals surface area (Å²) in [5.74, 6) is 0.758. The number of amides is 1. The van der Waals surface area contributed by atoms with E-state index in [0.29, 0.717) is 23.9 Å². The van der Waals surface area contributed by atoms with Crippen LogP contribution in [-0.4, -0.2) is 36.8 Å². The zero-order valence-electron chi connectivity index (χ0n) is 16.9. The molecule has 28 heavy (non-hydrogen) atoms. The van der Waals surface area contributed by atoms with Gasteiger partial charge in [-0.1, -0.05) is 37.3 Å². The van der Waals surface area contributed by atoms with E-state index >= 15 is 0 Å². The van der Waals surface area contributed by atoms with E-state index in [1.807, 2.05) is 49.0 Å². The van der Waals surface area contributed by atoms with Crippen LogP contribution < -0.4 is 16.0 Å². The van der Waals surface area contributed by atoms with Crippen molar-refractivity contribution in [3.05, 3.63) is 65.7 Å². The number of guanidine groups is 1. The maximum Gasteiger partial charge on any atom is 0.251 e. The van der Waals surface area contributed by atoms with Crippen LogP contribution in [0.4, 0.5) is 0 Å². The summed E-state index contributed by atoms with van der Waals surface area (Å²) in [5, 5.41) is 9.92. The summed E-state index contributed by atoms with van der Waals surface area (Å²) in [6.07, 6.45) is 0. The topological polar surface area (TPSA) is 65.5 Å². The fourth-order valence-corrected chi connectivity index (χ4v) is 3.50. The lowest BCUT2D eigenvalue weighted by Gasteiger charge is -2.15. The van der Waals surface area contributed by atoms with Crippen LogP contribution in [0.3, 0.4) is 0 Å². The first-order valence-corrected chi connectivity index (χ1v) is 10.6. The summed E-state index contributed by atoms with van der Waals surface area (Å²) < 4.78 is 0. The highest BCUT2D eigenvalue weighted by Gasteiger charge is 2.06. The Labute approximate surface area is 172 Å². The lowest BCUT2D eigenvalue weighted by atomic mass is 10.1. The van der Waals surface area contributed by atoms with Gasteiger partial charge in [0.05, 0.1) is 6.54 Å². The fraction of sp³-hybridized carbons (Fsp3) is 0.364. The number of benzene rings is 2. The van der Waals surface area contributed by atoms with Gasteiger partial charge in [-0.2, -0.15) is 0 Å². The monoisotopic (exact) mass is 398 g/mol. The molecule has 0 aliphatic heterocycles. The quantitative estimate of drug-likeness (QED) is 0.343. The zero-order valence-corrected chi connectivity index (χ0v) is 17.7. The summed E-state index contributed by atoms with van der Waals surface area (Å²) in [4.78, 5) is 17.8. The van der Waals surface area contributed by atoms with Crippen molar-refractivity contribution in [2.24, 2.45) is 4.99 Å². The number of thioether (sulfide) groups is 1. The van der Waals surface area contributed by atoms with Crippen molar-refractivity contribution in [3.8, 4) is 0 Å². The van der Waals surface area contributed by atoms with Crippen LogP contribution in [0.15, 0.2) is 64.5 Å². The highest BCUT2D eigenvalue weighted by Crippen LogP contribution is 2.21. The Bertz CT molecular complexity index is 747. The molecule has 0 radical (unpaired) electrons. The second-order valence-electron chi connectivity index (χ2n) is 6.37. The molecule has 1 atom stereocenters. The second-order valence-corrected chi connectivity index (χ2v) is 7.89. The molecular formula is C22H30N4OS.